The molecule has 0 fully saturated rings. The van der Waals surface area contributed by atoms with Crippen LogP contribution in [0.3, 0.4) is 0 Å². The summed E-state index contributed by atoms with van der Waals surface area (Å²) in [6, 6.07) is 36.3. The highest BCUT2D eigenvalue weighted by Gasteiger charge is 2.34. The van der Waals surface area contributed by atoms with E-state index in [-0.39, 0.29) is 66.9 Å². The first-order chi connectivity index (χ1) is 50.4. The molecule has 0 radical (unpaired) electrons. The molecule has 5 aromatic carbocycles. The highest BCUT2D eigenvalue weighted by atomic mass is 79.9. The van der Waals surface area contributed by atoms with Crippen LogP contribution in [0, 0.1) is 0 Å². The number of carbonyl (C=O) groups is 12. The number of aromatic nitrogens is 2. The first-order valence-corrected chi connectivity index (χ1v) is 34.6. The molecule has 11 N–H and O–H groups in total. The van der Waals surface area contributed by atoms with E-state index in [1.165, 1.54) is 96.0 Å². The molecule has 13 amide bonds. The molecular weight excluding hydrogens is 1470 g/mol. The third-order valence-corrected chi connectivity index (χ3v) is 17.2. The minimum Gasteiger partial charge on any atom is -0.497 e. The second kappa shape index (κ2) is 41.1. The quantitative estimate of drug-likeness (QED) is 0.0209. The third kappa shape index (κ3) is 25.8. The van der Waals surface area contributed by atoms with Crippen molar-refractivity contribution in [1.29, 1.82) is 0 Å². The number of hydrazine groups is 4. The Kier molecular flexibility index (Phi) is 31.6. The lowest BCUT2D eigenvalue weighted by atomic mass is 10.1. The smallest absolute Gasteiger partial charge is 0.437 e. The summed E-state index contributed by atoms with van der Waals surface area (Å²) in [6.07, 6.45) is 1.29. The highest BCUT2D eigenvalue weighted by Crippen LogP contribution is 2.34. The number of thiophene rings is 1. The summed E-state index contributed by atoms with van der Waals surface area (Å²) in [5, 5.41) is 8.71. The molecule has 33 nitrogen and oxygen atoms in total. The maximum absolute atomic E-state index is 15.2. The predicted octanol–water partition coefficient (Wildman–Crippen LogP) is 2.77. The maximum atomic E-state index is 15.2. The molecule has 36 heteroatoms. The summed E-state index contributed by atoms with van der Waals surface area (Å²) >= 11 is 10.8. The van der Waals surface area contributed by atoms with Crippen molar-refractivity contribution in [2.75, 3.05) is 105 Å². The van der Waals surface area contributed by atoms with E-state index in [4.69, 9.17) is 42.7 Å². The predicted molar refractivity (Wildman–Crippen MR) is 388 cm³/mol. The highest BCUT2D eigenvalue weighted by molar-refractivity contribution is 9.10. The first-order valence-electron chi connectivity index (χ1n) is 32.6. The lowest BCUT2D eigenvalue weighted by Gasteiger charge is -2.32. The fourth-order valence-corrected chi connectivity index (χ4v) is 11.1. The molecular formula is C69H79BrClN17O16S. The molecule has 0 saturated heterocycles. The zero-order valence-corrected chi connectivity index (χ0v) is 60.4. The maximum Gasteiger partial charge on any atom is 0.437 e. The Balaban J connectivity index is 1.22. The average molecular weight is 1550 g/mol. The van der Waals surface area contributed by atoms with Gasteiger partial charge in [0.2, 0.25) is 29.5 Å². The Morgan fingerprint density at radius 2 is 1.03 bits per heavy atom. The van der Waals surface area contributed by atoms with Crippen molar-refractivity contribution in [1.82, 2.24) is 66.2 Å². The van der Waals surface area contributed by atoms with Gasteiger partial charge in [-0.1, -0.05) is 88.2 Å². The number of anilines is 1. The van der Waals surface area contributed by atoms with Gasteiger partial charge in [-0.15, -0.1) is 16.4 Å². The van der Waals surface area contributed by atoms with Gasteiger partial charge in [-0.2, -0.15) is 4.68 Å². The number of halogens is 2. The van der Waals surface area contributed by atoms with E-state index >= 15 is 14.4 Å². The van der Waals surface area contributed by atoms with Gasteiger partial charge in [0, 0.05) is 57.9 Å². The summed E-state index contributed by atoms with van der Waals surface area (Å²) < 4.78 is 17.5. The summed E-state index contributed by atoms with van der Waals surface area (Å²) in [5.41, 5.74) is 27.5. The molecule has 2 aromatic heterocycles. The number of hydrogen-bond donors (Lipinski definition) is 8. The van der Waals surface area contributed by atoms with E-state index in [9.17, 15) is 47.9 Å². The van der Waals surface area contributed by atoms with E-state index in [1.807, 2.05) is 24.3 Å². The van der Waals surface area contributed by atoms with Crippen LogP contribution in [0.1, 0.15) is 52.0 Å². The fraction of sp³-hybridized carbons (Fsp3) is 0.304. The molecule has 105 heavy (non-hydrogen) atoms. The van der Waals surface area contributed by atoms with Gasteiger partial charge in [0.15, 0.2) is 0 Å². The van der Waals surface area contributed by atoms with Crippen LogP contribution in [0.5, 0.6) is 5.75 Å². The van der Waals surface area contributed by atoms with E-state index in [2.05, 4.69) is 48.0 Å². The van der Waals surface area contributed by atoms with Gasteiger partial charge >= 0.3 is 11.8 Å². The van der Waals surface area contributed by atoms with Crippen LogP contribution in [0.25, 0.3) is 21.2 Å². The molecule has 0 atom stereocenters. The van der Waals surface area contributed by atoms with E-state index in [0.29, 0.717) is 73.1 Å². The first kappa shape index (κ1) is 80.9. The third-order valence-electron chi connectivity index (χ3n) is 15.3. The topological polar surface area (TPSA) is 432 Å². The number of methoxy groups -OCH3 is 2. The molecule has 0 aliphatic carbocycles. The van der Waals surface area contributed by atoms with Crippen LogP contribution in [0.2, 0.25) is 5.02 Å². The molecule has 2 heterocycles. The molecule has 7 rings (SSSR count). The number of ether oxygens (including phenoxy) is 2. The minimum atomic E-state index is -1.39. The van der Waals surface area contributed by atoms with Gasteiger partial charge in [-0.05, 0) is 135 Å². The fourth-order valence-electron chi connectivity index (χ4n) is 9.78. The standard InChI is InChI=1S/C69H79BrClN17O16S/c1-102-36-35-83(40-59(92)82(34-12-10-32-73)39-58(91)81(38-56(74)89)33-11-9-31-72)60(93)41-85(77-66(99)49-21-27-53(103-2)28-22-49)62(95)44-87(80-68(100)75-52-15-7-4-8-16-52)63(96)43-86(78-65(98)48-19-25-51(71)26-20-48)61(94)42-84(76-57(90)37-46-13-5-3-6-14-46)64(97)45-88-69(101)104-67(79-88)55-30-29-54(105-55)47-17-23-50(70)24-18-47/h3-8,13-30H,9-12,31-45,72-73H2,1-2H3,(H2,74,89)(H,76,90)(H,77,99)(H,78,98)(H2,75,80,100). The Morgan fingerprint density at radius 1 is 0.543 bits per heavy atom. The largest absolute Gasteiger partial charge is 0.497 e. The molecule has 0 saturated carbocycles. The minimum absolute atomic E-state index is 0.0341. The normalized spacial score (nSPS) is 10.7. The van der Waals surface area contributed by atoms with Crippen molar-refractivity contribution in [2.24, 2.45) is 17.2 Å². The number of unbranched alkanes of at least 4 members (excludes halogenated alkanes) is 2. The summed E-state index contributed by atoms with van der Waals surface area (Å²) in [4.78, 5) is 189. The average Bonchev–Trinajstić information content (AvgIpc) is 1.68. The van der Waals surface area contributed by atoms with E-state index < -0.39 is 129 Å². The summed E-state index contributed by atoms with van der Waals surface area (Å²) in [5.74, 6) is -12.3. The van der Waals surface area contributed by atoms with Crippen LogP contribution in [0.4, 0.5) is 10.5 Å². The van der Waals surface area contributed by atoms with Crippen molar-refractivity contribution < 1.29 is 71.4 Å². The number of rotatable bonds is 35. The van der Waals surface area contributed by atoms with E-state index in [0.717, 1.165) is 19.8 Å². The number of primary amides is 1. The number of benzene rings is 5. The van der Waals surface area contributed by atoms with Gasteiger partial charge in [0.25, 0.3) is 41.3 Å². The monoisotopic (exact) mass is 1550 g/mol. The molecule has 7 aromatic rings. The van der Waals surface area contributed by atoms with Gasteiger partial charge in [-0.25, -0.2) is 35.1 Å². The number of para-hydroxylation sites is 1. The second-order valence-electron chi connectivity index (χ2n) is 23.1. The van der Waals surface area contributed by atoms with Crippen LogP contribution in [-0.4, -0.2) is 215 Å². The molecule has 0 unspecified atom stereocenters. The van der Waals surface area contributed by atoms with Crippen LogP contribution in [-0.2, 0) is 60.9 Å². The van der Waals surface area contributed by atoms with Crippen LogP contribution < -0.4 is 54.7 Å². The lowest BCUT2D eigenvalue weighted by Crippen LogP contribution is -2.61. The van der Waals surface area contributed by atoms with Gasteiger partial charge in [0.05, 0.1) is 44.6 Å². The summed E-state index contributed by atoms with van der Waals surface area (Å²) in [6.45, 7) is -7.63. The van der Waals surface area contributed by atoms with Gasteiger partial charge < -0.3 is 51.1 Å². The number of nitrogens with one attached hydrogen (secondary N) is 5. The zero-order valence-electron chi connectivity index (χ0n) is 57.2. The van der Waals surface area contributed by atoms with Crippen molar-refractivity contribution in [3.63, 3.8) is 0 Å². The van der Waals surface area contributed by atoms with Crippen molar-refractivity contribution in [3.05, 3.63) is 182 Å². The lowest BCUT2D eigenvalue weighted by molar-refractivity contribution is -0.152. The Bertz CT molecular complexity index is 4210. The number of urea groups is 1. The Morgan fingerprint density at radius 3 is 1.56 bits per heavy atom. The number of nitrogens with zero attached hydrogens (tertiary/aromatic N) is 9. The van der Waals surface area contributed by atoms with Crippen LogP contribution >= 0.6 is 38.9 Å². The molecule has 0 spiro atoms. The number of carbonyl (C=O) groups excluding carboxylic acids is 12. The number of nitrogens with two attached hydrogens (primary N) is 3. The SMILES string of the molecule is COCCN(CC(=O)N(CCCCN)CC(=O)N(CCCCN)CC(N)=O)C(=O)CN(NC(=O)c1ccc(OC)cc1)C(=O)CN(NC(=O)Nc1ccccc1)C(=O)CN(NC(=O)c1ccc(Cl)cc1)C(=O)CN(NC(=O)Cc1ccccc1)C(=O)Cn1nc(-c2ccc(-c3ccc(Br)cc3)s2)oc1=O. The Labute approximate surface area is 619 Å². The molecule has 556 valence electrons. The number of amides is 13. The summed E-state index contributed by atoms with van der Waals surface area (Å²) in [7, 11) is 2.69. The van der Waals surface area contributed by atoms with Crippen molar-refractivity contribution in [2.45, 2.75) is 38.6 Å². The van der Waals surface area contributed by atoms with Crippen molar-refractivity contribution >= 4 is 116 Å². The van der Waals surface area contributed by atoms with Crippen LogP contribution in [0.15, 0.2) is 159 Å². The number of hydrogen-bond acceptors (Lipinski definition) is 20. The van der Waals surface area contributed by atoms with Gasteiger partial charge in [0.1, 0.15) is 38.5 Å². The zero-order chi connectivity index (χ0) is 76.0. The molecule has 0 bridgehead atoms. The second-order valence-corrected chi connectivity index (χ2v) is 25.5. The van der Waals surface area contributed by atoms with Gasteiger partial charge in [-0.3, -0.25) is 69.0 Å². The van der Waals surface area contributed by atoms with E-state index in [1.54, 1.807) is 60.7 Å². The molecule has 0 aliphatic rings. The molecule has 0 aliphatic heterocycles. The van der Waals surface area contributed by atoms with Crippen molar-refractivity contribution in [3.8, 4) is 27.0 Å². The Hall–Kier alpha value is -11.4.